The van der Waals surface area contributed by atoms with Crippen molar-refractivity contribution in [3.63, 3.8) is 0 Å². The van der Waals surface area contributed by atoms with Gasteiger partial charge in [-0.05, 0) is 19.8 Å². The zero-order valence-corrected chi connectivity index (χ0v) is 13.3. The number of nitrogens with zero attached hydrogens (tertiary/aromatic N) is 6. The molecule has 8 nitrogen and oxygen atoms in total. The summed E-state index contributed by atoms with van der Waals surface area (Å²) in [5.41, 5.74) is 5.69. The fourth-order valence-electron chi connectivity index (χ4n) is 3.30. The van der Waals surface area contributed by atoms with Crippen LogP contribution >= 0.6 is 11.3 Å². The number of hydrogen-bond acceptors (Lipinski definition) is 8. The number of fused-ring (bicyclic) bond motifs is 1. The Labute approximate surface area is 132 Å². The highest BCUT2D eigenvalue weighted by Gasteiger charge is 2.31. The lowest BCUT2D eigenvalue weighted by Crippen LogP contribution is -2.37. The van der Waals surface area contributed by atoms with Gasteiger partial charge < -0.3 is 19.9 Å². The van der Waals surface area contributed by atoms with Crippen LogP contribution < -0.4 is 10.6 Å². The summed E-state index contributed by atoms with van der Waals surface area (Å²) >= 11 is 1.41. The lowest BCUT2D eigenvalue weighted by molar-refractivity contribution is 0.0823. The monoisotopic (exact) mass is 321 g/mol. The van der Waals surface area contributed by atoms with Gasteiger partial charge in [-0.15, -0.1) is 20.4 Å². The van der Waals surface area contributed by atoms with Gasteiger partial charge in [0.25, 0.3) is 0 Å². The van der Waals surface area contributed by atoms with Crippen molar-refractivity contribution in [2.45, 2.75) is 38.3 Å². The highest BCUT2D eigenvalue weighted by molar-refractivity contribution is 7.18. The van der Waals surface area contributed by atoms with Gasteiger partial charge in [-0.2, -0.15) is 0 Å². The first-order valence-electron chi connectivity index (χ1n) is 7.57. The zero-order valence-electron chi connectivity index (χ0n) is 12.5. The first-order chi connectivity index (χ1) is 10.7. The van der Waals surface area contributed by atoms with E-state index in [1.165, 1.54) is 11.3 Å². The van der Waals surface area contributed by atoms with E-state index in [9.17, 15) is 0 Å². The Morgan fingerprint density at radius 1 is 1.18 bits per heavy atom. The summed E-state index contributed by atoms with van der Waals surface area (Å²) in [7, 11) is 0. The fraction of sp³-hybridized carbons (Fsp3) is 0.692. The van der Waals surface area contributed by atoms with Crippen molar-refractivity contribution in [1.29, 1.82) is 0 Å². The normalized spacial score (nSPS) is 22.8. The maximum atomic E-state index is 5.69. The van der Waals surface area contributed by atoms with Crippen molar-refractivity contribution >= 4 is 21.6 Å². The quantitative estimate of drug-likeness (QED) is 0.887. The molecule has 0 radical (unpaired) electrons. The van der Waals surface area contributed by atoms with Gasteiger partial charge >= 0.3 is 0 Å². The number of nitrogens with two attached hydrogens (primary N) is 1. The molecule has 2 aliphatic heterocycles. The molecule has 0 bridgehead atoms. The third kappa shape index (κ3) is 2.34. The second-order valence-electron chi connectivity index (χ2n) is 5.88. The van der Waals surface area contributed by atoms with E-state index in [1.807, 2.05) is 0 Å². The van der Waals surface area contributed by atoms with Gasteiger partial charge in [0.2, 0.25) is 10.3 Å². The van der Waals surface area contributed by atoms with Gasteiger partial charge in [-0.25, -0.2) is 0 Å². The maximum absolute atomic E-state index is 5.69. The molecule has 0 spiro atoms. The topological polar surface area (TPSA) is 95.0 Å². The van der Waals surface area contributed by atoms with Gasteiger partial charge in [-0.1, -0.05) is 11.3 Å². The van der Waals surface area contributed by atoms with Gasteiger partial charge in [0.15, 0.2) is 5.82 Å². The molecule has 2 aromatic heterocycles. The van der Waals surface area contributed by atoms with E-state index >= 15 is 0 Å². The molecule has 22 heavy (non-hydrogen) atoms. The first kappa shape index (κ1) is 13.9. The molecule has 1 fully saturated rings. The van der Waals surface area contributed by atoms with Crippen LogP contribution in [0.25, 0.3) is 0 Å². The number of anilines is 2. The minimum atomic E-state index is 0.307. The van der Waals surface area contributed by atoms with E-state index in [-0.39, 0.29) is 0 Å². The number of hydrogen-bond donors (Lipinski definition) is 1. The van der Waals surface area contributed by atoms with Gasteiger partial charge in [0.1, 0.15) is 5.82 Å². The van der Waals surface area contributed by atoms with Crippen LogP contribution in [0, 0.1) is 0 Å². The lowest BCUT2D eigenvalue weighted by Gasteiger charge is -2.33. The van der Waals surface area contributed by atoms with E-state index < -0.39 is 0 Å². The molecule has 9 heteroatoms. The molecule has 4 rings (SSSR count). The molecular weight excluding hydrogens is 302 g/mol. The second-order valence-corrected chi connectivity index (χ2v) is 6.87. The molecule has 4 heterocycles. The third-order valence-electron chi connectivity index (χ3n) is 4.34. The highest BCUT2D eigenvalue weighted by atomic mass is 32.1. The minimum Gasteiger partial charge on any atom is -0.381 e. The van der Waals surface area contributed by atoms with E-state index in [2.05, 4.69) is 36.8 Å². The lowest BCUT2D eigenvalue weighted by atomic mass is 9.99. The van der Waals surface area contributed by atoms with E-state index in [0.717, 1.165) is 49.4 Å². The molecular formula is C13H19N7OS. The average molecular weight is 321 g/mol. The Balaban J connectivity index is 1.61. The van der Waals surface area contributed by atoms with Gasteiger partial charge in [0, 0.05) is 25.7 Å². The summed E-state index contributed by atoms with van der Waals surface area (Å²) in [4.78, 5) is 2.18. The molecule has 2 aliphatic rings. The van der Waals surface area contributed by atoms with Crippen LogP contribution in [0.15, 0.2) is 0 Å². The standard InChI is InChI=1S/C13H19N7OS/c1-8-6-19(13-18-17-12(14)22-13)7-10-15-16-11(20(8)10)9-2-4-21-5-3-9/h8-9H,2-7H2,1H3,(H2,14,17)/t8-/m0/s1. The molecule has 0 unspecified atom stereocenters. The van der Waals surface area contributed by atoms with Gasteiger partial charge in [0.05, 0.1) is 12.6 Å². The highest BCUT2D eigenvalue weighted by Crippen LogP contribution is 2.33. The molecule has 118 valence electrons. The SMILES string of the molecule is C[C@H]1CN(c2nnc(N)s2)Cc2nnc(C3CCOCC3)n21. The summed E-state index contributed by atoms with van der Waals surface area (Å²) in [5, 5.41) is 18.3. The Kier molecular flexibility index (Phi) is 3.45. The minimum absolute atomic E-state index is 0.307. The van der Waals surface area contributed by atoms with E-state index in [4.69, 9.17) is 10.5 Å². The van der Waals surface area contributed by atoms with Crippen LogP contribution in [0.2, 0.25) is 0 Å². The molecule has 2 aromatic rings. The second kappa shape index (κ2) is 5.47. The Morgan fingerprint density at radius 2 is 2.00 bits per heavy atom. The molecule has 0 aliphatic carbocycles. The number of ether oxygens (including phenoxy) is 1. The number of aromatic nitrogens is 5. The summed E-state index contributed by atoms with van der Waals surface area (Å²) in [6.07, 6.45) is 2.06. The predicted octanol–water partition coefficient (Wildman–Crippen LogP) is 1.19. The summed E-state index contributed by atoms with van der Waals surface area (Å²) in [5.74, 6) is 2.57. The van der Waals surface area contributed by atoms with Crippen LogP contribution in [-0.4, -0.2) is 44.7 Å². The van der Waals surface area contributed by atoms with Crippen LogP contribution in [0.4, 0.5) is 10.3 Å². The summed E-state index contributed by atoms with van der Waals surface area (Å²) < 4.78 is 7.76. The average Bonchev–Trinajstić information content (AvgIpc) is 3.14. The first-order valence-corrected chi connectivity index (χ1v) is 8.39. The van der Waals surface area contributed by atoms with Crippen molar-refractivity contribution in [2.24, 2.45) is 0 Å². The van der Waals surface area contributed by atoms with Crippen LogP contribution in [0.1, 0.15) is 43.4 Å². The molecule has 0 saturated carbocycles. The molecule has 0 aromatic carbocycles. The van der Waals surface area contributed by atoms with Crippen LogP contribution in [0.5, 0.6) is 0 Å². The summed E-state index contributed by atoms with van der Waals surface area (Å²) in [6, 6.07) is 0.307. The zero-order chi connectivity index (χ0) is 15.1. The number of nitrogen functional groups attached to an aromatic ring is 1. The van der Waals surface area contributed by atoms with Gasteiger partial charge in [-0.3, -0.25) is 0 Å². The van der Waals surface area contributed by atoms with Crippen molar-refractivity contribution in [3.8, 4) is 0 Å². The van der Waals surface area contributed by atoms with Crippen LogP contribution in [0.3, 0.4) is 0 Å². The molecule has 1 atom stereocenters. The largest absolute Gasteiger partial charge is 0.381 e. The molecule has 2 N–H and O–H groups in total. The molecule has 1 saturated heterocycles. The Morgan fingerprint density at radius 3 is 2.73 bits per heavy atom. The van der Waals surface area contributed by atoms with E-state index in [1.54, 1.807) is 0 Å². The van der Waals surface area contributed by atoms with Crippen molar-refractivity contribution < 1.29 is 4.74 Å². The summed E-state index contributed by atoms with van der Waals surface area (Å²) in [6.45, 7) is 5.41. The Hall–Kier alpha value is -1.74. The Bertz CT molecular complexity index is 663. The predicted molar refractivity (Wildman–Crippen MR) is 82.9 cm³/mol. The fourth-order valence-corrected chi connectivity index (χ4v) is 3.91. The molecule has 0 amide bonds. The van der Waals surface area contributed by atoms with Crippen molar-refractivity contribution in [1.82, 2.24) is 25.0 Å². The smallest absolute Gasteiger partial charge is 0.210 e. The van der Waals surface area contributed by atoms with Crippen molar-refractivity contribution in [2.75, 3.05) is 30.4 Å². The maximum Gasteiger partial charge on any atom is 0.210 e. The van der Waals surface area contributed by atoms with Crippen LogP contribution in [-0.2, 0) is 11.3 Å². The third-order valence-corrected chi connectivity index (χ3v) is 5.15. The number of rotatable bonds is 2. The van der Waals surface area contributed by atoms with E-state index in [0.29, 0.717) is 23.6 Å². The van der Waals surface area contributed by atoms with Crippen molar-refractivity contribution in [3.05, 3.63) is 11.6 Å².